The van der Waals surface area contributed by atoms with Crippen molar-refractivity contribution < 1.29 is 14.7 Å². The van der Waals surface area contributed by atoms with Crippen LogP contribution in [0.1, 0.15) is 65.2 Å². The standard InChI is InChI=1S/C19H28O3/c1-18-7-5-11(20)9-15(18)16(21)10-12-13-3-4-17(22)19(13,2)8-6-14(12)18/h12-16,21H,3-10H2,1-2H3/t12?,13?,14?,15?,16-,18-,19+/m1/s1. The molecule has 0 spiro atoms. The predicted molar refractivity (Wildman–Crippen MR) is 83.1 cm³/mol. The normalized spacial score (nSPS) is 54.6. The Kier molecular flexibility index (Phi) is 3.15. The van der Waals surface area contributed by atoms with Gasteiger partial charge in [-0.15, -0.1) is 0 Å². The van der Waals surface area contributed by atoms with Crippen molar-refractivity contribution in [1.82, 2.24) is 0 Å². The van der Waals surface area contributed by atoms with Crippen molar-refractivity contribution in [3.8, 4) is 0 Å². The lowest BCUT2D eigenvalue weighted by Crippen LogP contribution is -2.57. The number of hydrogen-bond acceptors (Lipinski definition) is 3. The molecule has 3 nitrogen and oxygen atoms in total. The third-order valence-corrected chi connectivity index (χ3v) is 8.21. The predicted octanol–water partition coefficient (Wildman–Crippen LogP) is 3.14. The summed E-state index contributed by atoms with van der Waals surface area (Å²) in [5, 5.41) is 10.8. The first kappa shape index (κ1) is 14.9. The molecule has 4 aliphatic rings. The quantitative estimate of drug-likeness (QED) is 0.748. The molecule has 0 aromatic heterocycles. The number of aliphatic hydroxyl groups excluding tert-OH is 1. The smallest absolute Gasteiger partial charge is 0.139 e. The lowest BCUT2D eigenvalue weighted by molar-refractivity contribution is -0.165. The third-order valence-electron chi connectivity index (χ3n) is 8.21. The second-order valence-electron chi connectivity index (χ2n) is 8.95. The highest BCUT2D eigenvalue weighted by Crippen LogP contribution is 2.65. The summed E-state index contributed by atoms with van der Waals surface area (Å²) in [6, 6.07) is 0. The number of ketones is 2. The van der Waals surface area contributed by atoms with E-state index in [1.54, 1.807) is 0 Å². The Labute approximate surface area is 132 Å². The Hall–Kier alpha value is -0.700. The van der Waals surface area contributed by atoms with Gasteiger partial charge in [0.25, 0.3) is 0 Å². The summed E-state index contributed by atoms with van der Waals surface area (Å²) >= 11 is 0. The van der Waals surface area contributed by atoms with Gasteiger partial charge >= 0.3 is 0 Å². The topological polar surface area (TPSA) is 54.4 Å². The van der Waals surface area contributed by atoms with E-state index >= 15 is 0 Å². The first-order valence-corrected chi connectivity index (χ1v) is 9.09. The molecule has 0 bridgehead atoms. The average molecular weight is 304 g/mol. The second kappa shape index (κ2) is 4.66. The number of aliphatic hydroxyl groups is 1. The van der Waals surface area contributed by atoms with E-state index in [1.807, 2.05) is 0 Å². The Morgan fingerprint density at radius 1 is 1.00 bits per heavy atom. The average Bonchev–Trinajstić information content (AvgIpc) is 2.77. The molecule has 4 aliphatic carbocycles. The molecule has 0 aromatic rings. The van der Waals surface area contributed by atoms with Gasteiger partial charge in [-0.3, -0.25) is 9.59 Å². The minimum atomic E-state index is -0.353. The van der Waals surface area contributed by atoms with E-state index in [9.17, 15) is 14.7 Å². The van der Waals surface area contributed by atoms with Crippen molar-refractivity contribution in [3.05, 3.63) is 0 Å². The van der Waals surface area contributed by atoms with Crippen LogP contribution >= 0.6 is 0 Å². The van der Waals surface area contributed by atoms with E-state index in [0.717, 1.165) is 38.5 Å². The largest absolute Gasteiger partial charge is 0.393 e. The maximum atomic E-state index is 12.4. The van der Waals surface area contributed by atoms with Crippen molar-refractivity contribution in [3.63, 3.8) is 0 Å². The van der Waals surface area contributed by atoms with E-state index in [1.165, 1.54) is 0 Å². The lowest BCUT2D eigenvalue weighted by Gasteiger charge is -2.60. The molecule has 0 aliphatic heterocycles. The van der Waals surface area contributed by atoms with Crippen LogP contribution in [0.5, 0.6) is 0 Å². The van der Waals surface area contributed by atoms with Crippen LogP contribution in [0.2, 0.25) is 0 Å². The summed E-state index contributed by atoms with van der Waals surface area (Å²) in [7, 11) is 0. The fourth-order valence-corrected chi connectivity index (χ4v) is 6.86. The maximum absolute atomic E-state index is 12.4. The minimum Gasteiger partial charge on any atom is -0.393 e. The van der Waals surface area contributed by atoms with Gasteiger partial charge in [0.15, 0.2) is 0 Å². The minimum absolute atomic E-state index is 0.100. The molecule has 0 aromatic carbocycles. The molecule has 122 valence electrons. The maximum Gasteiger partial charge on any atom is 0.139 e. The molecule has 4 saturated carbocycles. The summed E-state index contributed by atoms with van der Waals surface area (Å²) in [5.74, 6) is 2.47. The highest BCUT2D eigenvalue weighted by molar-refractivity contribution is 5.87. The van der Waals surface area contributed by atoms with Crippen molar-refractivity contribution in [1.29, 1.82) is 0 Å². The van der Waals surface area contributed by atoms with Gasteiger partial charge in [-0.05, 0) is 61.2 Å². The zero-order valence-electron chi connectivity index (χ0n) is 13.8. The van der Waals surface area contributed by atoms with Gasteiger partial charge in [0.1, 0.15) is 11.6 Å². The first-order valence-electron chi connectivity index (χ1n) is 9.09. The fourth-order valence-electron chi connectivity index (χ4n) is 6.86. The van der Waals surface area contributed by atoms with Crippen LogP contribution in [-0.2, 0) is 9.59 Å². The van der Waals surface area contributed by atoms with Crippen molar-refractivity contribution in [2.75, 3.05) is 0 Å². The van der Waals surface area contributed by atoms with Gasteiger partial charge in [-0.25, -0.2) is 0 Å². The summed E-state index contributed by atoms with van der Waals surface area (Å²) in [4.78, 5) is 24.3. The number of rotatable bonds is 0. The molecule has 0 heterocycles. The summed E-state index contributed by atoms with van der Waals surface area (Å²) in [6.45, 7) is 4.50. The molecular formula is C19H28O3. The zero-order chi connectivity index (χ0) is 15.7. The van der Waals surface area contributed by atoms with Gasteiger partial charge in [0, 0.05) is 24.7 Å². The number of carbonyl (C=O) groups excluding carboxylic acids is 2. The number of fused-ring (bicyclic) bond motifs is 5. The number of Topliss-reactive ketones (excluding diaryl/α,β-unsaturated/α-hetero) is 2. The summed E-state index contributed by atoms with van der Waals surface area (Å²) < 4.78 is 0. The molecule has 0 amide bonds. The van der Waals surface area contributed by atoms with Gasteiger partial charge in [-0.1, -0.05) is 13.8 Å². The van der Waals surface area contributed by atoms with E-state index in [4.69, 9.17) is 0 Å². The molecule has 0 saturated heterocycles. The van der Waals surface area contributed by atoms with Gasteiger partial charge in [0.2, 0.25) is 0 Å². The Bertz CT molecular complexity index is 527. The van der Waals surface area contributed by atoms with E-state index in [0.29, 0.717) is 42.2 Å². The van der Waals surface area contributed by atoms with Crippen LogP contribution in [0.25, 0.3) is 0 Å². The van der Waals surface area contributed by atoms with Gasteiger partial charge < -0.3 is 5.11 Å². The molecule has 22 heavy (non-hydrogen) atoms. The van der Waals surface area contributed by atoms with E-state index in [-0.39, 0.29) is 22.9 Å². The summed E-state index contributed by atoms with van der Waals surface area (Å²) in [5.41, 5.74) is -0.0300. The van der Waals surface area contributed by atoms with Crippen LogP contribution in [-0.4, -0.2) is 22.8 Å². The van der Waals surface area contributed by atoms with E-state index < -0.39 is 0 Å². The zero-order valence-corrected chi connectivity index (χ0v) is 13.8. The molecule has 3 heteroatoms. The molecular weight excluding hydrogens is 276 g/mol. The van der Waals surface area contributed by atoms with Crippen LogP contribution in [0, 0.1) is 34.5 Å². The van der Waals surface area contributed by atoms with Crippen LogP contribution in [0.3, 0.4) is 0 Å². The van der Waals surface area contributed by atoms with Crippen molar-refractivity contribution >= 4 is 11.6 Å². The SMILES string of the molecule is C[C@]12CCC(=O)CC1[C@H](O)CC1C2CC[C@]2(C)C(=O)CCC12. The molecule has 4 unspecified atom stereocenters. The molecule has 7 atom stereocenters. The monoisotopic (exact) mass is 304 g/mol. The van der Waals surface area contributed by atoms with Crippen LogP contribution < -0.4 is 0 Å². The first-order chi connectivity index (χ1) is 10.4. The number of hydrogen-bond donors (Lipinski definition) is 1. The van der Waals surface area contributed by atoms with E-state index in [2.05, 4.69) is 13.8 Å². The Balaban J connectivity index is 1.69. The lowest BCUT2D eigenvalue weighted by atomic mass is 9.44. The molecule has 1 N–H and O–H groups in total. The van der Waals surface area contributed by atoms with Gasteiger partial charge in [0.05, 0.1) is 6.10 Å². The fraction of sp³-hybridized carbons (Fsp3) is 0.895. The van der Waals surface area contributed by atoms with Gasteiger partial charge in [-0.2, -0.15) is 0 Å². The van der Waals surface area contributed by atoms with Crippen LogP contribution in [0.4, 0.5) is 0 Å². The highest BCUT2D eigenvalue weighted by Gasteiger charge is 2.62. The molecule has 4 fully saturated rings. The third kappa shape index (κ3) is 1.78. The summed E-state index contributed by atoms with van der Waals surface area (Å²) in [6.07, 6.45) is 6.53. The molecule has 4 rings (SSSR count). The van der Waals surface area contributed by atoms with Crippen LogP contribution in [0.15, 0.2) is 0 Å². The Morgan fingerprint density at radius 3 is 2.55 bits per heavy atom. The Morgan fingerprint density at radius 2 is 1.77 bits per heavy atom. The molecule has 0 radical (unpaired) electrons. The second-order valence-corrected chi connectivity index (χ2v) is 8.95. The van der Waals surface area contributed by atoms with Crippen molar-refractivity contribution in [2.24, 2.45) is 34.5 Å². The van der Waals surface area contributed by atoms with Crippen molar-refractivity contribution in [2.45, 2.75) is 71.3 Å². The highest BCUT2D eigenvalue weighted by atomic mass is 16.3. The number of carbonyl (C=O) groups is 2.